The molecule has 2 nitrogen and oxygen atoms in total. The van der Waals surface area contributed by atoms with Gasteiger partial charge in [0.15, 0.2) is 0 Å². The maximum Gasteiger partial charge on any atom is 0.0824 e. The molecule has 0 bridgehead atoms. The molecular weight excluding hydrogens is 184 g/mol. The van der Waals surface area contributed by atoms with Crippen LogP contribution in [0.4, 0.5) is 0 Å². The lowest BCUT2D eigenvalue weighted by Gasteiger charge is -2.11. The SMILES string of the molecule is N=C1C=CC=C(Cc2ccccc2)C1=N. The first-order valence-corrected chi connectivity index (χ1v) is 4.86. The van der Waals surface area contributed by atoms with E-state index in [1.165, 1.54) is 5.56 Å². The third-order valence-electron chi connectivity index (χ3n) is 2.39. The van der Waals surface area contributed by atoms with Gasteiger partial charge in [-0.2, -0.15) is 0 Å². The summed E-state index contributed by atoms with van der Waals surface area (Å²) < 4.78 is 0. The lowest BCUT2D eigenvalue weighted by Crippen LogP contribution is -2.16. The van der Waals surface area contributed by atoms with Crippen molar-refractivity contribution < 1.29 is 0 Å². The van der Waals surface area contributed by atoms with Crippen molar-refractivity contribution >= 4 is 11.4 Å². The van der Waals surface area contributed by atoms with E-state index < -0.39 is 0 Å². The predicted octanol–water partition coefficient (Wildman–Crippen LogP) is 2.76. The van der Waals surface area contributed by atoms with Gasteiger partial charge in [-0.15, -0.1) is 0 Å². The molecule has 0 unspecified atom stereocenters. The summed E-state index contributed by atoms with van der Waals surface area (Å²) in [5.74, 6) is 0. The Morgan fingerprint density at radius 1 is 1.00 bits per heavy atom. The monoisotopic (exact) mass is 196 g/mol. The van der Waals surface area contributed by atoms with Crippen LogP contribution < -0.4 is 0 Å². The van der Waals surface area contributed by atoms with Gasteiger partial charge in [0.1, 0.15) is 0 Å². The number of rotatable bonds is 2. The Balaban J connectivity index is 2.20. The Labute approximate surface area is 89.0 Å². The van der Waals surface area contributed by atoms with Gasteiger partial charge in [0.25, 0.3) is 0 Å². The second-order valence-corrected chi connectivity index (χ2v) is 3.50. The van der Waals surface area contributed by atoms with Gasteiger partial charge < -0.3 is 0 Å². The minimum atomic E-state index is 0.295. The van der Waals surface area contributed by atoms with Crippen molar-refractivity contribution in [3.63, 3.8) is 0 Å². The van der Waals surface area contributed by atoms with Gasteiger partial charge >= 0.3 is 0 Å². The van der Waals surface area contributed by atoms with Crippen molar-refractivity contribution in [2.24, 2.45) is 0 Å². The molecule has 0 radical (unpaired) electrons. The summed E-state index contributed by atoms with van der Waals surface area (Å²) >= 11 is 0. The zero-order chi connectivity index (χ0) is 10.7. The fourth-order valence-electron chi connectivity index (χ4n) is 1.56. The molecule has 0 aromatic heterocycles. The zero-order valence-electron chi connectivity index (χ0n) is 8.33. The quantitative estimate of drug-likeness (QED) is 0.683. The van der Waals surface area contributed by atoms with Gasteiger partial charge in [0, 0.05) is 0 Å². The molecule has 0 spiro atoms. The third kappa shape index (κ3) is 2.10. The van der Waals surface area contributed by atoms with Crippen molar-refractivity contribution in [3.05, 3.63) is 59.7 Å². The molecule has 2 heteroatoms. The van der Waals surface area contributed by atoms with E-state index in [2.05, 4.69) is 0 Å². The maximum absolute atomic E-state index is 7.76. The van der Waals surface area contributed by atoms with Crippen molar-refractivity contribution in [1.82, 2.24) is 0 Å². The van der Waals surface area contributed by atoms with E-state index in [4.69, 9.17) is 10.8 Å². The normalized spacial score (nSPS) is 15.3. The van der Waals surface area contributed by atoms with Crippen LogP contribution in [0.5, 0.6) is 0 Å². The Kier molecular flexibility index (Phi) is 2.59. The van der Waals surface area contributed by atoms with Crippen LogP contribution in [-0.2, 0) is 6.42 Å². The fraction of sp³-hybridized carbons (Fsp3) is 0.0769. The maximum atomic E-state index is 7.76. The van der Waals surface area contributed by atoms with Crippen LogP contribution in [-0.4, -0.2) is 11.4 Å². The van der Waals surface area contributed by atoms with Crippen molar-refractivity contribution in [2.45, 2.75) is 6.42 Å². The minimum absolute atomic E-state index is 0.295. The van der Waals surface area contributed by atoms with Crippen molar-refractivity contribution in [3.8, 4) is 0 Å². The summed E-state index contributed by atoms with van der Waals surface area (Å²) in [5, 5.41) is 15.3. The van der Waals surface area contributed by atoms with Crippen LogP contribution in [0.25, 0.3) is 0 Å². The largest absolute Gasteiger partial charge is 0.299 e. The van der Waals surface area contributed by atoms with Gasteiger partial charge in [-0.05, 0) is 23.6 Å². The highest BCUT2D eigenvalue weighted by Gasteiger charge is 2.11. The summed E-state index contributed by atoms with van der Waals surface area (Å²) in [6.07, 6.45) is 6.12. The molecule has 0 saturated heterocycles. The van der Waals surface area contributed by atoms with Crippen LogP contribution in [0.15, 0.2) is 54.1 Å². The average Bonchev–Trinajstić information content (AvgIpc) is 2.26. The summed E-state index contributed by atoms with van der Waals surface area (Å²) in [6.45, 7) is 0. The Morgan fingerprint density at radius 2 is 1.73 bits per heavy atom. The van der Waals surface area contributed by atoms with Gasteiger partial charge in [0.2, 0.25) is 0 Å². The smallest absolute Gasteiger partial charge is 0.0824 e. The molecule has 2 N–H and O–H groups in total. The lowest BCUT2D eigenvalue weighted by atomic mass is 9.95. The summed E-state index contributed by atoms with van der Waals surface area (Å²) in [5.41, 5.74) is 2.72. The van der Waals surface area contributed by atoms with Gasteiger partial charge in [-0.1, -0.05) is 42.5 Å². The topological polar surface area (TPSA) is 47.7 Å². The number of benzene rings is 1. The third-order valence-corrected chi connectivity index (χ3v) is 2.39. The predicted molar refractivity (Wildman–Crippen MR) is 62.8 cm³/mol. The van der Waals surface area contributed by atoms with Crippen LogP contribution in [0.2, 0.25) is 0 Å². The van der Waals surface area contributed by atoms with Crippen LogP contribution in [0, 0.1) is 10.8 Å². The molecule has 0 atom stereocenters. The van der Waals surface area contributed by atoms with Gasteiger partial charge in [-0.25, -0.2) is 0 Å². The lowest BCUT2D eigenvalue weighted by molar-refractivity contribution is 1.21. The van der Waals surface area contributed by atoms with E-state index in [9.17, 15) is 0 Å². The second kappa shape index (κ2) is 4.05. The second-order valence-electron chi connectivity index (χ2n) is 3.50. The summed E-state index contributed by atoms with van der Waals surface area (Å²) in [4.78, 5) is 0. The number of hydrogen-bond donors (Lipinski definition) is 2. The molecule has 0 fully saturated rings. The summed E-state index contributed by atoms with van der Waals surface area (Å²) in [7, 11) is 0. The van der Waals surface area contributed by atoms with Crippen LogP contribution >= 0.6 is 0 Å². The molecule has 1 aliphatic rings. The molecule has 15 heavy (non-hydrogen) atoms. The molecule has 0 aliphatic heterocycles. The Morgan fingerprint density at radius 3 is 2.47 bits per heavy atom. The van der Waals surface area contributed by atoms with Crippen LogP contribution in [0.1, 0.15) is 5.56 Å². The first-order chi connectivity index (χ1) is 7.27. The standard InChI is InChI=1S/C13H12N2/c14-12-8-4-7-11(13(12)15)9-10-5-2-1-3-6-10/h1-8,14-15H,9H2. The van der Waals surface area contributed by atoms with Crippen molar-refractivity contribution in [2.75, 3.05) is 0 Å². The van der Waals surface area contributed by atoms with Crippen molar-refractivity contribution in [1.29, 1.82) is 10.8 Å². The average molecular weight is 196 g/mol. The molecule has 1 aromatic rings. The molecule has 0 heterocycles. The Bertz CT molecular complexity index is 453. The first-order valence-electron chi connectivity index (χ1n) is 4.86. The number of allylic oxidation sites excluding steroid dienone is 4. The van der Waals surface area contributed by atoms with E-state index in [1.807, 2.05) is 42.5 Å². The molecule has 1 aromatic carbocycles. The molecule has 0 amide bonds. The van der Waals surface area contributed by atoms with E-state index >= 15 is 0 Å². The fourth-order valence-corrected chi connectivity index (χ4v) is 1.56. The number of hydrogen-bond acceptors (Lipinski definition) is 2. The molecular formula is C13H12N2. The highest BCUT2D eigenvalue weighted by atomic mass is 14.5. The van der Waals surface area contributed by atoms with E-state index in [0.29, 0.717) is 11.4 Å². The molecule has 1 aliphatic carbocycles. The highest BCUT2D eigenvalue weighted by Crippen LogP contribution is 2.13. The summed E-state index contributed by atoms with van der Waals surface area (Å²) in [6, 6.07) is 10.0. The van der Waals surface area contributed by atoms with Crippen LogP contribution in [0.3, 0.4) is 0 Å². The molecule has 74 valence electrons. The molecule has 2 rings (SSSR count). The highest BCUT2D eigenvalue weighted by molar-refractivity contribution is 6.50. The van der Waals surface area contributed by atoms with E-state index in [-0.39, 0.29) is 0 Å². The molecule has 0 saturated carbocycles. The number of nitrogens with one attached hydrogen (secondary N) is 2. The zero-order valence-corrected chi connectivity index (χ0v) is 8.33. The Hall–Kier alpha value is -1.96. The van der Waals surface area contributed by atoms with Gasteiger partial charge in [0.05, 0.1) is 11.4 Å². The minimum Gasteiger partial charge on any atom is -0.299 e. The van der Waals surface area contributed by atoms with Gasteiger partial charge in [-0.3, -0.25) is 10.8 Å². The van der Waals surface area contributed by atoms with E-state index in [0.717, 1.165) is 12.0 Å². The first kappa shape index (κ1) is 9.59. The van der Waals surface area contributed by atoms with E-state index in [1.54, 1.807) is 6.08 Å².